The zero-order valence-corrected chi connectivity index (χ0v) is 19.3. The van der Waals surface area contributed by atoms with Crippen LogP contribution in [0.4, 0.5) is 0 Å². The van der Waals surface area contributed by atoms with E-state index in [0.717, 1.165) is 75.0 Å². The number of hydrogen-bond acceptors (Lipinski definition) is 5. The Labute approximate surface area is 195 Å². The fourth-order valence-electron chi connectivity index (χ4n) is 5.18. The zero-order chi connectivity index (χ0) is 23.2. The number of piperazine rings is 1. The molecule has 2 aromatic carbocycles. The van der Waals surface area contributed by atoms with Crippen LogP contribution in [0.1, 0.15) is 56.9 Å². The molecule has 0 bridgehead atoms. The number of fused-ring (bicyclic) bond motifs is 1. The lowest BCUT2D eigenvalue weighted by Crippen LogP contribution is -2.50. The van der Waals surface area contributed by atoms with Crippen molar-refractivity contribution in [2.24, 2.45) is 0 Å². The number of ether oxygens (including phenoxy) is 1. The van der Waals surface area contributed by atoms with Gasteiger partial charge in [0.1, 0.15) is 6.29 Å². The van der Waals surface area contributed by atoms with Crippen molar-refractivity contribution in [1.82, 2.24) is 9.80 Å². The van der Waals surface area contributed by atoms with Gasteiger partial charge in [-0.3, -0.25) is 14.5 Å². The van der Waals surface area contributed by atoms with Gasteiger partial charge in [0.05, 0.1) is 24.7 Å². The molecule has 1 fully saturated rings. The molecule has 1 amide bonds. The number of amides is 1. The monoisotopic (exact) mass is 445 g/mol. The van der Waals surface area contributed by atoms with Gasteiger partial charge in [-0.15, -0.1) is 0 Å². The Morgan fingerprint density at radius 2 is 2.03 bits per heavy atom. The lowest BCUT2D eigenvalue weighted by Gasteiger charge is -2.38. The maximum Gasteiger partial charge on any atom is 0.227 e. The summed E-state index contributed by atoms with van der Waals surface area (Å²) >= 11 is 0. The van der Waals surface area contributed by atoms with Crippen LogP contribution in [-0.2, 0) is 29.0 Å². The lowest BCUT2D eigenvalue weighted by molar-refractivity contribution is -0.132. The van der Waals surface area contributed by atoms with E-state index in [9.17, 15) is 14.9 Å². The van der Waals surface area contributed by atoms with E-state index in [1.165, 1.54) is 11.1 Å². The number of nitriles is 1. The largest absolute Gasteiger partial charge is 0.380 e. The molecule has 2 aromatic rings. The molecule has 172 valence electrons. The van der Waals surface area contributed by atoms with Crippen molar-refractivity contribution >= 4 is 12.2 Å². The van der Waals surface area contributed by atoms with Crippen LogP contribution in [0.25, 0.3) is 0 Å². The predicted octanol–water partition coefficient (Wildman–Crippen LogP) is 3.32. The number of aldehydes is 1. The Balaban J connectivity index is 1.33. The van der Waals surface area contributed by atoms with E-state index in [1.807, 2.05) is 29.2 Å². The van der Waals surface area contributed by atoms with Gasteiger partial charge in [0.2, 0.25) is 5.91 Å². The molecular weight excluding hydrogens is 414 g/mol. The number of carbonyl (C=O) groups excluding carboxylic acids is 2. The highest BCUT2D eigenvalue weighted by Crippen LogP contribution is 2.34. The number of benzene rings is 2. The van der Waals surface area contributed by atoms with Crippen molar-refractivity contribution in [3.8, 4) is 6.07 Å². The molecule has 1 unspecified atom stereocenters. The molecule has 0 saturated carbocycles. The summed E-state index contributed by atoms with van der Waals surface area (Å²) in [6.45, 7) is 4.54. The van der Waals surface area contributed by atoms with Gasteiger partial charge in [0.25, 0.3) is 0 Å². The zero-order valence-electron chi connectivity index (χ0n) is 19.3. The molecule has 1 aliphatic carbocycles. The Morgan fingerprint density at radius 3 is 2.76 bits per heavy atom. The quantitative estimate of drug-likeness (QED) is 0.612. The normalized spacial score (nSPS) is 18.4. The fourth-order valence-corrected chi connectivity index (χ4v) is 5.18. The predicted molar refractivity (Wildman–Crippen MR) is 126 cm³/mol. The first kappa shape index (κ1) is 23.2. The van der Waals surface area contributed by atoms with E-state index in [4.69, 9.17) is 4.74 Å². The van der Waals surface area contributed by atoms with Crippen molar-refractivity contribution in [1.29, 1.82) is 5.26 Å². The van der Waals surface area contributed by atoms with Crippen molar-refractivity contribution < 1.29 is 14.3 Å². The van der Waals surface area contributed by atoms with Crippen molar-refractivity contribution in [2.75, 3.05) is 39.8 Å². The lowest BCUT2D eigenvalue weighted by atomic mass is 9.80. The average Bonchev–Trinajstić information content (AvgIpc) is 2.85. The summed E-state index contributed by atoms with van der Waals surface area (Å²) in [7, 11) is 1.60. The van der Waals surface area contributed by atoms with Crippen LogP contribution in [0.3, 0.4) is 0 Å². The Kier molecular flexibility index (Phi) is 7.54. The van der Waals surface area contributed by atoms with Gasteiger partial charge >= 0.3 is 0 Å². The minimum atomic E-state index is 0.124. The van der Waals surface area contributed by atoms with Crippen molar-refractivity contribution in [3.63, 3.8) is 0 Å². The van der Waals surface area contributed by atoms with E-state index in [-0.39, 0.29) is 5.91 Å². The standard InChI is InChI=1S/C27H31N3O3/c1-33-19-24-14-20(8-9-23(24)18-31)15-27(32)30-12-10-29(11-13-30)17-22-5-3-6-25-21(16-28)4-2-7-26(22)25/h2,4,7-9,14,18,22H,3,5-6,10-13,15,17,19H2,1H3. The first-order valence-corrected chi connectivity index (χ1v) is 11.7. The molecule has 0 N–H and O–H groups in total. The minimum Gasteiger partial charge on any atom is -0.380 e. The number of rotatable bonds is 7. The number of hydrogen-bond donors (Lipinski definition) is 0. The molecule has 1 aliphatic heterocycles. The average molecular weight is 446 g/mol. The van der Waals surface area contributed by atoms with Gasteiger partial charge in [0, 0.05) is 45.4 Å². The third-order valence-electron chi connectivity index (χ3n) is 6.95. The third kappa shape index (κ3) is 5.32. The Morgan fingerprint density at radius 1 is 1.21 bits per heavy atom. The molecule has 1 saturated heterocycles. The second kappa shape index (κ2) is 10.7. The first-order valence-electron chi connectivity index (χ1n) is 11.7. The van der Waals surface area contributed by atoms with Crippen LogP contribution < -0.4 is 0 Å². The van der Waals surface area contributed by atoms with Crippen LogP contribution in [0.2, 0.25) is 0 Å². The third-order valence-corrected chi connectivity index (χ3v) is 6.95. The van der Waals surface area contributed by atoms with E-state index >= 15 is 0 Å². The molecule has 1 heterocycles. The van der Waals surface area contributed by atoms with Gasteiger partial charge in [0.15, 0.2) is 0 Å². The summed E-state index contributed by atoms with van der Waals surface area (Å²) in [6.07, 6.45) is 4.44. The van der Waals surface area contributed by atoms with Crippen LogP contribution in [0.15, 0.2) is 36.4 Å². The first-order chi connectivity index (χ1) is 16.1. The molecule has 6 nitrogen and oxygen atoms in total. The van der Waals surface area contributed by atoms with Crippen LogP contribution in [0.5, 0.6) is 0 Å². The number of carbonyl (C=O) groups is 2. The molecule has 0 radical (unpaired) electrons. The summed E-state index contributed by atoms with van der Waals surface area (Å²) in [5.41, 5.74) is 5.72. The highest BCUT2D eigenvalue weighted by atomic mass is 16.5. The Hall–Kier alpha value is -3.01. The molecule has 6 heteroatoms. The highest BCUT2D eigenvalue weighted by molar-refractivity contribution is 5.80. The van der Waals surface area contributed by atoms with E-state index in [0.29, 0.717) is 24.5 Å². The fraction of sp³-hybridized carbons (Fsp3) is 0.444. The van der Waals surface area contributed by atoms with E-state index in [1.54, 1.807) is 13.2 Å². The second-order valence-electron chi connectivity index (χ2n) is 9.02. The Bertz CT molecular complexity index is 1050. The van der Waals surface area contributed by atoms with Crippen LogP contribution >= 0.6 is 0 Å². The summed E-state index contributed by atoms with van der Waals surface area (Å²) in [5, 5.41) is 9.44. The molecule has 0 spiro atoms. The second-order valence-corrected chi connectivity index (χ2v) is 9.02. The summed E-state index contributed by atoms with van der Waals surface area (Å²) < 4.78 is 5.18. The van der Waals surface area contributed by atoms with Crippen LogP contribution in [0, 0.1) is 11.3 Å². The molecular formula is C27H31N3O3. The van der Waals surface area contributed by atoms with Gasteiger partial charge in [-0.1, -0.05) is 30.3 Å². The maximum absolute atomic E-state index is 12.9. The number of nitrogens with zero attached hydrogens (tertiary/aromatic N) is 3. The van der Waals surface area contributed by atoms with Crippen LogP contribution in [-0.4, -0.2) is 61.8 Å². The molecule has 33 heavy (non-hydrogen) atoms. The van der Waals surface area contributed by atoms with E-state index < -0.39 is 0 Å². The molecule has 0 aromatic heterocycles. The highest BCUT2D eigenvalue weighted by Gasteiger charge is 2.27. The minimum absolute atomic E-state index is 0.124. The van der Waals surface area contributed by atoms with E-state index in [2.05, 4.69) is 17.0 Å². The molecule has 2 aliphatic rings. The topological polar surface area (TPSA) is 73.6 Å². The summed E-state index contributed by atoms with van der Waals surface area (Å²) in [6, 6.07) is 14.0. The summed E-state index contributed by atoms with van der Waals surface area (Å²) in [5.74, 6) is 0.582. The molecule has 4 rings (SSSR count). The maximum atomic E-state index is 12.9. The smallest absolute Gasteiger partial charge is 0.227 e. The van der Waals surface area contributed by atoms with Gasteiger partial charge in [-0.2, -0.15) is 5.26 Å². The van der Waals surface area contributed by atoms with Gasteiger partial charge in [-0.25, -0.2) is 0 Å². The van der Waals surface area contributed by atoms with Crippen molar-refractivity contribution in [3.05, 3.63) is 69.8 Å². The van der Waals surface area contributed by atoms with Crippen molar-refractivity contribution in [2.45, 2.75) is 38.2 Å². The number of methoxy groups -OCH3 is 1. The van der Waals surface area contributed by atoms with Gasteiger partial charge in [-0.05, 0) is 53.5 Å². The van der Waals surface area contributed by atoms with Gasteiger partial charge < -0.3 is 9.64 Å². The SMILES string of the molecule is COCc1cc(CC(=O)N2CCN(CC3CCCc4c(C#N)cccc43)CC2)ccc1C=O. The molecule has 1 atom stereocenters. The summed E-state index contributed by atoms with van der Waals surface area (Å²) in [4.78, 5) is 28.5.